The van der Waals surface area contributed by atoms with Crippen molar-refractivity contribution in [3.8, 4) is 5.75 Å². The number of nitrogens with zero attached hydrogens (tertiary/aromatic N) is 1. The highest BCUT2D eigenvalue weighted by molar-refractivity contribution is 7.22. The van der Waals surface area contributed by atoms with E-state index >= 15 is 0 Å². The Morgan fingerprint density at radius 1 is 1.27 bits per heavy atom. The first-order valence-electron chi connectivity index (χ1n) is 6.34. The first kappa shape index (κ1) is 14.7. The van der Waals surface area contributed by atoms with Crippen molar-refractivity contribution in [3.63, 3.8) is 0 Å². The van der Waals surface area contributed by atoms with Crippen molar-refractivity contribution in [2.75, 3.05) is 11.9 Å². The van der Waals surface area contributed by atoms with Crippen molar-refractivity contribution < 1.29 is 13.9 Å². The number of carbonyl (C=O) groups excluding carboxylic acids is 1. The van der Waals surface area contributed by atoms with Gasteiger partial charge in [-0.05, 0) is 42.5 Å². The number of halogens is 2. The van der Waals surface area contributed by atoms with E-state index in [-0.39, 0.29) is 18.3 Å². The number of fused-ring (bicyclic) bond motifs is 1. The summed E-state index contributed by atoms with van der Waals surface area (Å²) in [7, 11) is 0. The zero-order valence-corrected chi connectivity index (χ0v) is 12.7. The molecule has 1 heterocycles. The molecule has 7 heteroatoms. The summed E-state index contributed by atoms with van der Waals surface area (Å²) in [6.45, 7) is -0.178. The van der Waals surface area contributed by atoms with Crippen molar-refractivity contribution in [1.82, 2.24) is 4.98 Å². The Kier molecular flexibility index (Phi) is 4.22. The van der Waals surface area contributed by atoms with Crippen molar-refractivity contribution in [2.24, 2.45) is 0 Å². The topological polar surface area (TPSA) is 51.2 Å². The van der Waals surface area contributed by atoms with Gasteiger partial charge in [-0.1, -0.05) is 22.9 Å². The van der Waals surface area contributed by atoms with E-state index in [9.17, 15) is 9.18 Å². The third kappa shape index (κ3) is 3.52. The molecule has 1 aromatic heterocycles. The molecular formula is C15H10ClFN2O2S. The van der Waals surface area contributed by atoms with E-state index in [4.69, 9.17) is 16.3 Å². The van der Waals surface area contributed by atoms with E-state index in [1.54, 1.807) is 18.2 Å². The molecule has 4 nitrogen and oxygen atoms in total. The number of hydrogen-bond donors (Lipinski definition) is 1. The van der Waals surface area contributed by atoms with Crippen LogP contribution in [0.5, 0.6) is 5.75 Å². The summed E-state index contributed by atoms with van der Waals surface area (Å²) < 4.78 is 18.9. The van der Waals surface area contributed by atoms with Gasteiger partial charge in [0.2, 0.25) is 0 Å². The van der Waals surface area contributed by atoms with E-state index < -0.39 is 0 Å². The molecule has 0 fully saturated rings. The minimum atomic E-state index is -0.357. The second-order valence-corrected chi connectivity index (χ2v) is 5.89. The fourth-order valence-electron chi connectivity index (χ4n) is 1.79. The molecule has 3 rings (SSSR count). The lowest BCUT2D eigenvalue weighted by Crippen LogP contribution is -2.19. The molecule has 0 aliphatic rings. The van der Waals surface area contributed by atoms with Crippen LogP contribution in [0.4, 0.5) is 9.52 Å². The molecule has 2 aromatic carbocycles. The third-order valence-electron chi connectivity index (χ3n) is 2.78. The first-order chi connectivity index (χ1) is 10.6. The Morgan fingerprint density at radius 3 is 2.82 bits per heavy atom. The zero-order valence-electron chi connectivity index (χ0n) is 11.2. The standard InChI is InChI=1S/C15H10ClFN2O2S/c16-9-1-6-12-13(7-9)22-15(18-12)19-14(20)8-21-11-4-2-10(17)3-5-11/h1-7H,8H2,(H,18,19,20). The van der Waals surface area contributed by atoms with Gasteiger partial charge >= 0.3 is 0 Å². The van der Waals surface area contributed by atoms with E-state index in [2.05, 4.69) is 10.3 Å². The van der Waals surface area contributed by atoms with Gasteiger partial charge in [-0.2, -0.15) is 0 Å². The molecule has 0 saturated heterocycles. The van der Waals surface area contributed by atoms with Crippen LogP contribution < -0.4 is 10.1 Å². The molecule has 0 spiro atoms. The maximum atomic E-state index is 12.8. The number of aromatic nitrogens is 1. The highest BCUT2D eigenvalue weighted by atomic mass is 35.5. The number of ether oxygens (including phenoxy) is 1. The van der Waals surface area contributed by atoms with Crippen LogP contribution in [0.2, 0.25) is 5.02 Å². The van der Waals surface area contributed by atoms with E-state index in [1.165, 1.54) is 35.6 Å². The van der Waals surface area contributed by atoms with Crippen LogP contribution in [0.15, 0.2) is 42.5 Å². The highest BCUT2D eigenvalue weighted by Crippen LogP contribution is 2.28. The van der Waals surface area contributed by atoms with Crippen LogP contribution in [-0.4, -0.2) is 17.5 Å². The minimum Gasteiger partial charge on any atom is -0.484 e. The second-order valence-electron chi connectivity index (χ2n) is 4.42. The van der Waals surface area contributed by atoms with Gasteiger partial charge in [0.25, 0.3) is 5.91 Å². The normalized spacial score (nSPS) is 10.6. The van der Waals surface area contributed by atoms with Gasteiger partial charge in [0, 0.05) is 5.02 Å². The zero-order chi connectivity index (χ0) is 15.5. The van der Waals surface area contributed by atoms with Gasteiger partial charge in [-0.25, -0.2) is 9.37 Å². The maximum absolute atomic E-state index is 12.8. The lowest BCUT2D eigenvalue weighted by molar-refractivity contribution is -0.118. The summed E-state index contributed by atoms with van der Waals surface area (Å²) in [5.41, 5.74) is 0.768. The number of hydrogen-bond acceptors (Lipinski definition) is 4. The molecule has 0 bridgehead atoms. The van der Waals surface area contributed by atoms with Crippen LogP contribution in [-0.2, 0) is 4.79 Å². The maximum Gasteiger partial charge on any atom is 0.264 e. The molecule has 0 atom stereocenters. The lowest BCUT2D eigenvalue weighted by Gasteiger charge is -2.05. The average Bonchev–Trinajstić information content (AvgIpc) is 2.88. The molecule has 3 aromatic rings. The van der Waals surface area contributed by atoms with Crippen molar-refractivity contribution in [3.05, 3.63) is 53.3 Å². The molecule has 0 unspecified atom stereocenters. The van der Waals surface area contributed by atoms with Crippen molar-refractivity contribution >= 4 is 44.2 Å². The molecule has 1 N–H and O–H groups in total. The summed E-state index contributed by atoms with van der Waals surface area (Å²) in [5.74, 6) is -0.271. The van der Waals surface area contributed by atoms with E-state index in [0.717, 1.165) is 10.2 Å². The number of nitrogens with one attached hydrogen (secondary N) is 1. The number of amides is 1. The fourth-order valence-corrected chi connectivity index (χ4v) is 2.95. The number of benzene rings is 2. The monoisotopic (exact) mass is 336 g/mol. The number of thiazole rings is 1. The number of carbonyl (C=O) groups is 1. The molecule has 0 aliphatic heterocycles. The van der Waals surface area contributed by atoms with E-state index in [0.29, 0.717) is 15.9 Å². The van der Waals surface area contributed by atoms with Crippen molar-refractivity contribution in [2.45, 2.75) is 0 Å². The van der Waals surface area contributed by atoms with E-state index in [1.807, 2.05) is 0 Å². The predicted molar refractivity (Wildman–Crippen MR) is 85.2 cm³/mol. The molecule has 0 saturated carbocycles. The average molecular weight is 337 g/mol. The Labute approximate surface area is 134 Å². The Balaban J connectivity index is 1.61. The number of anilines is 1. The molecule has 22 heavy (non-hydrogen) atoms. The van der Waals surface area contributed by atoms with Gasteiger partial charge in [-0.3, -0.25) is 10.1 Å². The minimum absolute atomic E-state index is 0.178. The summed E-state index contributed by atoms with van der Waals surface area (Å²) in [6.07, 6.45) is 0. The third-order valence-corrected chi connectivity index (χ3v) is 3.95. The van der Waals surface area contributed by atoms with Crippen molar-refractivity contribution in [1.29, 1.82) is 0 Å². The first-order valence-corrected chi connectivity index (χ1v) is 7.54. The van der Waals surface area contributed by atoms with Gasteiger partial charge in [-0.15, -0.1) is 0 Å². The second kappa shape index (κ2) is 6.29. The quantitative estimate of drug-likeness (QED) is 0.780. The lowest BCUT2D eigenvalue weighted by atomic mass is 10.3. The van der Waals surface area contributed by atoms with Gasteiger partial charge in [0.15, 0.2) is 11.7 Å². The Bertz CT molecular complexity index is 820. The summed E-state index contributed by atoms with van der Waals surface area (Å²) >= 11 is 7.24. The smallest absolute Gasteiger partial charge is 0.264 e. The Hall–Kier alpha value is -2.18. The van der Waals surface area contributed by atoms with Gasteiger partial charge in [0.1, 0.15) is 11.6 Å². The molecule has 112 valence electrons. The molecule has 0 radical (unpaired) electrons. The Morgan fingerprint density at radius 2 is 2.05 bits per heavy atom. The SMILES string of the molecule is O=C(COc1ccc(F)cc1)Nc1nc2ccc(Cl)cc2s1. The van der Waals surface area contributed by atoms with Crippen LogP contribution in [0, 0.1) is 5.82 Å². The van der Waals surface area contributed by atoms with Gasteiger partial charge in [0.05, 0.1) is 10.2 Å². The van der Waals surface area contributed by atoms with Crippen LogP contribution >= 0.6 is 22.9 Å². The molecule has 1 amide bonds. The van der Waals surface area contributed by atoms with Gasteiger partial charge < -0.3 is 4.74 Å². The number of rotatable bonds is 4. The predicted octanol–water partition coefficient (Wildman–Crippen LogP) is 4.11. The summed E-state index contributed by atoms with van der Waals surface area (Å²) in [4.78, 5) is 16.1. The summed E-state index contributed by atoms with van der Waals surface area (Å²) in [5, 5.41) is 3.75. The molecule has 0 aliphatic carbocycles. The summed E-state index contributed by atoms with van der Waals surface area (Å²) in [6, 6.07) is 10.8. The fraction of sp³-hybridized carbons (Fsp3) is 0.0667. The largest absolute Gasteiger partial charge is 0.484 e. The molecular weight excluding hydrogens is 327 g/mol. The van der Waals surface area contributed by atoms with Crippen LogP contribution in [0.25, 0.3) is 10.2 Å². The highest BCUT2D eigenvalue weighted by Gasteiger charge is 2.09. The van der Waals surface area contributed by atoms with Crippen LogP contribution in [0.1, 0.15) is 0 Å². The van der Waals surface area contributed by atoms with Crippen LogP contribution in [0.3, 0.4) is 0 Å².